The van der Waals surface area contributed by atoms with Gasteiger partial charge in [0.2, 0.25) is 0 Å². The number of hydrogen-bond acceptors (Lipinski definition) is 5. The van der Waals surface area contributed by atoms with Gasteiger partial charge >= 0.3 is 11.9 Å². The third kappa shape index (κ3) is 4.13. The van der Waals surface area contributed by atoms with E-state index in [1.54, 1.807) is 6.11 Å². The number of hydrogen-bond donors (Lipinski definition) is 1. The third-order valence-corrected chi connectivity index (χ3v) is 1.13. The Morgan fingerprint density at radius 3 is 2.31 bits per heavy atom. The van der Waals surface area contributed by atoms with Crippen LogP contribution in [-0.2, 0) is 19.1 Å². The van der Waals surface area contributed by atoms with Crippen molar-refractivity contribution < 1.29 is 24.2 Å². The Kier molecular flexibility index (Phi) is 4.55. The maximum absolute atomic E-state index is 10.8. The van der Waals surface area contributed by atoms with Crippen LogP contribution in [0.3, 0.4) is 0 Å². The molecule has 0 aromatic heterocycles. The van der Waals surface area contributed by atoms with Crippen molar-refractivity contribution in [1.82, 2.24) is 0 Å². The first-order valence-electron chi connectivity index (χ1n) is 3.54. The second kappa shape index (κ2) is 5.17. The number of carbonyl (C=O) groups excluding carboxylic acids is 2. The van der Waals surface area contributed by atoms with Crippen molar-refractivity contribution in [1.29, 1.82) is 0 Å². The zero-order valence-corrected chi connectivity index (χ0v) is 7.31. The molecule has 0 saturated carbocycles. The monoisotopic (exact) mass is 186 g/mol. The minimum Gasteiger partial charge on any atom is -0.449 e. The molecular weight excluding hydrogens is 176 g/mol. The lowest BCUT2D eigenvalue weighted by atomic mass is 10.4. The lowest BCUT2D eigenvalue weighted by Crippen LogP contribution is -2.29. The number of rotatable bonds is 3. The van der Waals surface area contributed by atoms with Gasteiger partial charge < -0.3 is 14.6 Å². The van der Waals surface area contributed by atoms with Crippen LogP contribution in [0.15, 0.2) is 0 Å². The number of terminal acetylenes is 1. The molecule has 2 unspecified atom stereocenters. The molecule has 0 rings (SSSR count). The summed E-state index contributed by atoms with van der Waals surface area (Å²) in [4.78, 5) is 21.5. The zero-order chi connectivity index (χ0) is 10.4. The highest BCUT2D eigenvalue weighted by Gasteiger charge is 2.21. The lowest BCUT2D eigenvalue weighted by molar-refractivity contribution is -0.167. The van der Waals surface area contributed by atoms with E-state index < -0.39 is 24.1 Å². The van der Waals surface area contributed by atoms with Gasteiger partial charge in [0.05, 0.1) is 0 Å². The minimum atomic E-state index is -1.28. The summed E-state index contributed by atoms with van der Waals surface area (Å²) in [5.74, 6) is -1.75. The van der Waals surface area contributed by atoms with Crippen molar-refractivity contribution >= 4 is 11.9 Å². The van der Waals surface area contributed by atoms with E-state index in [2.05, 4.69) is 15.9 Å². The molecule has 1 N–H and O–H groups in total. The van der Waals surface area contributed by atoms with Gasteiger partial charge in [-0.1, -0.05) is 6.42 Å². The fourth-order valence-electron chi connectivity index (χ4n) is 0.462. The summed E-state index contributed by atoms with van der Waals surface area (Å²) in [6.45, 7) is 2.52. The highest BCUT2D eigenvalue weighted by Crippen LogP contribution is 1.97. The van der Waals surface area contributed by atoms with E-state index in [4.69, 9.17) is 5.11 Å². The van der Waals surface area contributed by atoms with Crippen molar-refractivity contribution in [2.75, 3.05) is 0 Å². The van der Waals surface area contributed by atoms with Gasteiger partial charge in [0.1, 0.15) is 12.2 Å². The molecule has 0 heterocycles. The summed E-state index contributed by atoms with van der Waals surface area (Å²) in [5, 5.41) is 8.71. The smallest absolute Gasteiger partial charge is 0.361 e. The Labute approximate surface area is 75.6 Å². The van der Waals surface area contributed by atoms with Gasteiger partial charge in [0.25, 0.3) is 0 Å². The van der Waals surface area contributed by atoms with Gasteiger partial charge in [-0.3, -0.25) is 0 Å². The molecule has 0 aromatic carbocycles. The molecule has 0 aromatic rings. The van der Waals surface area contributed by atoms with Crippen LogP contribution >= 0.6 is 0 Å². The molecule has 0 bridgehead atoms. The molecular formula is C8H10O5. The van der Waals surface area contributed by atoms with Crippen LogP contribution in [0.4, 0.5) is 0 Å². The summed E-state index contributed by atoms with van der Waals surface area (Å²) in [5.41, 5.74) is 0. The number of ether oxygens (including phenoxy) is 2. The van der Waals surface area contributed by atoms with Gasteiger partial charge in [0, 0.05) is 0 Å². The summed E-state index contributed by atoms with van der Waals surface area (Å²) in [7, 11) is 0. The summed E-state index contributed by atoms with van der Waals surface area (Å²) in [6, 6.07) is 0. The fourth-order valence-corrected chi connectivity index (χ4v) is 0.462. The second-order valence-corrected chi connectivity index (χ2v) is 2.29. The molecule has 72 valence electrons. The van der Waals surface area contributed by atoms with Crippen LogP contribution in [0.1, 0.15) is 13.8 Å². The van der Waals surface area contributed by atoms with E-state index in [0.717, 1.165) is 0 Å². The fraction of sp³-hybridized carbons (Fsp3) is 0.500. The van der Waals surface area contributed by atoms with E-state index in [1.807, 2.05) is 0 Å². The topological polar surface area (TPSA) is 72.8 Å². The number of carbonyl (C=O) groups is 2. The lowest BCUT2D eigenvalue weighted by Gasteiger charge is -2.10. The van der Waals surface area contributed by atoms with E-state index in [9.17, 15) is 9.59 Å². The molecule has 5 heteroatoms. The molecule has 2 atom stereocenters. The summed E-state index contributed by atoms with van der Waals surface area (Å²) >= 11 is 0. The first kappa shape index (κ1) is 11.5. The summed E-state index contributed by atoms with van der Waals surface area (Å²) in [6.07, 6.45) is 3.93. The normalized spacial score (nSPS) is 13.7. The van der Waals surface area contributed by atoms with E-state index in [-0.39, 0.29) is 0 Å². The van der Waals surface area contributed by atoms with E-state index in [1.165, 1.54) is 13.8 Å². The molecule has 0 fully saturated rings. The number of esters is 2. The second-order valence-electron chi connectivity index (χ2n) is 2.29. The molecule has 5 nitrogen and oxygen atoms in total. The minimum absolute atomic E-state index is 0.850. The first-order chi connectivity index (χ1) is 5.99. The SMILES string of the molecule is C#COC(=O)C(C)OC(=O)C(C)O. The van der Waals surface area contributed by atoms with Crippen LogP contribution in [0.25, 0.3) is 0 Å². The Morgan fingerprint density at radius 1 is 1.38 bits per heavy atom. The molecule has 0 spiro atoms. The predicted molar refractivity (Wildman–Crippen MR) is 42.2 cm³/mol. The van der Waals surface area contributed by atoms with E-state index in [0.29, 0.717) is 0 Å². The van der Waals surface area contributed by atoms with Crippen molar-refractivity contribution in [3.8, 4) is 12.5 Å². The van der Waals surface area contributed by atoms with Crippen LogP contribution in [-0.4, -0.2) is 29.3 Å². The molecule has 0 aliphatic rings. The average Bonchev–Trinajstić information content (AvgIpc) is 2.04. The van der Waals surface area contributed by atoms with Crippen molar-refractivity contribution in [2.45, 2.75) is 26.1 Å². The van der Waals surface area contributed by atoms with Crippen LogP contribution in [0.2, 0.25) is 0 Å². The van der Waals surface area contributed by atoms with Gasteiger partial charge in [0.15, 0.2) is 6.10 Å². The maximum Gasteiger partial charge on any atom is 0.361 e. The molecule has 0 radical (unpaired) electrons. The number of aliphatic hydroxyl groups excluding tert-OH is 1. The largest absolute Gasteiger partial charge is 0.449 e. The zero-order valence-electron chi connectivity index (χ0n) is 7.31. The Hall–Kier alpha value is -1.54. The Bertz CT molecular complexity index is 237. The first-order valence-corrected chi connectivity index (χ1v) is 3.54. The molecule has 0 amide bonds. The predicted octanol–water partition coefficient (Wildman–Crippen LogP) is -0.567. The van der Waals surface area contributed by atoms with Crippen LogP contribution < -0.4 is 0 Å². The molecule has 0 aliphatic heterocycles. The van der Waals surface area contributed by atoms with Crippen molar-refractivity contribution in [3.63, 3.8) is 0 Å². The van der Waals surface area contributed by atoms with Crippen molar-refractivity contribution in [2.24, 2.45) is 0 Å². The van der Waals surface area contributed by atoms with Gasteiger partial charge in [-0.25, -0.2) is 9.59 Å². The maximum atomic E-state index is 10.8. The van der Waals surface area contributed by atoms with Crippen LogP contribution in [0.5, 0.6) is 0 Å². The Morgan fingerprint density at radius 2 is 1.92 bits per heavy atom. The van der Waals surface area contributed by atoms with E-state index >= 15 is 0 Å². The highest BCUT2D eigenvalue weighted by atomic mass is 16.6. The average molecular weight is 186 g/mol. The van der Waals surface area contributed by atoms with Crippen LogP contribution in [0, 0.1) is 12.5 Å². The number of aliphatic hydroxyl groups is 1. The van der Waals surface area contributed by atoms with Gasteiger partial charge in [-0.15, -0.1) is 0 Å². The quantitative estimate of drug-likeness (QED) is 0.472. The molecule has 0 saturated heterocycles. The standard InChI is InChI=1S/C8H10O5/c1-4-12-8(11)6(3)13-7(10)5(2)9/h1,5-6,9H,2-3H3. The third-order valence-electron chi connectivity index (χ3n) is 1.13. The highest BCUT2D eigenvalue weighted by molar-refractivity contribution is 5.81. The van der Waals surface area contributed by atoms with Gasteiger partial charge in [-0.2, -0.15) is 0 Å². The summed E-state index contributed by atoms with van der Waals surface area (Å²) < 4.78 is 8.58. The molecule has 13 heavy (non-hydrogen) atoms. The van der Waals surface area contributed by atoms with Crippen molar-refractivity contribution in [3.05, 3.63) is 0 Å². The molecule has 0 aliphatic carbocycles. The van der Waals surface area contributed by atoms with Gasteiger partial charge in [-0.05, 0) is 13.8 Å². The Balaban J connectivity index is 4.01.